The molecule has 0 heterocycles. The topological polar surface area (TPSA) is 35.2 Å². The molecule has 3 heteroatoms. The molecule has 0 aliphatic rings. The Balaban J connectivity index is 2.30. The average Bonchev–Trinajstić information content (AvgIpc) is 2.37. The summed E-state index contributed by atoms with van der Waals surface area (Å²) in [6.07, 6.45) is -0.144. The van der Waals surface area contributed by atoms with Crippen LogP contribution in [0.3, 0.4) is 0 Å². The lowest BCUT2D eigenvalue weighted by Gasteiger charge is -2.24. The molecule has 2 aromatic carbocycles. The standard InChI is InChI=1S/C17H20BrNO/c1-11-5-4-6-14(9-11)17(13(3)19)20-16-8-7-15(18)10-12(16)2/h4-10,13,17H,19H2,1-3H3. The van der Waals surface area contributed by atoms with Gasteiger partial charge in [0.2, 0.25) is 0 Å². The smallest absolute Gasteiger partial charge is 0.138 e. The van der Waals surface area contributed by atoms with E-state index in [4.69, 9.17) is 10.5 Å². The van der Waals surface area contributed by atoms with E-state index in [0.29, 0.717) is 0 Å². The maximum Gasteiger partial charge on any atom is 0.138 e. The van der Waals surface area contributed by atoms with Crippen molar-refractivity contribution in [2.75, 3.05) is 0 Å². The summed E-state index contributed by atoms with van der Waals surface area (Å²) in [5.74, 6) is 0.872. The van der Waals surface area contributed by atoms with Gasteiger partial charge in [0.25, 0.3) is 0 Å². The van der Waals surface area contributed by atoms with Crippen molar-refractivity contribution in [2.24, 2.45) is 5.73 Å². The summed E-state index contributed by atoms with van der Waals surface area (Å²) in [5.41, 5.74) is 9.53. The van der Waals surface area contributed by atoms with Gasteiger partial charge in [-0.2, -0.15) is 0 Å². The van der Waals surface area contributed by atoms with Gasteiger partial charge in [0.1, 0.15) is 11.9 Å². The molecule has 0 fully saturated rings. The second-order valence-corrected chi connectivity index (χ2v) is 6.14. The molecular weight excluding hydrogens is 314 g/mol. The van der Waals surface area contributed by atoms with Crippen LogP contribution < -0.4 is 10.5 Å². The first-order valence-electron chi connectivity index (χ1n) is 6.72. The van der Waals surface area contributed by atoms with Gasteiger partial charge < -0.3 is 10.5 Å². The van der Waals surface area contributed by atoms with Gasteiger partial charge in [0.15, 0.2) is 0 Å². The largest absolute Gasteiger partial charge is 0.484 e. The van der Waals surface area contributed by atoms with Crippen LogP contribution in [0.4, 0.5) is 0 Å². The summed E-state index contributed by atoms with van der Waals surface area (Å²) in [7, 11) is 0. The van der Waals surface area contributed by atoms with Crippen LogP contribution >= 0.6 is 15.9 Å². The predicted octanol–water partition coefficient (Wildman–Crippen LogP) is 4.53. The van der Waals surface area contributed by atoms with Crippen LogP contribution in [0.15, 0.2) is 46.9 Å². The molecule has 0 amide bonds. The fourth-order valence-corrected chi connectivity index (χ4v) is 2.68. The van der Waals surface area contributed by atoms with E-state index < -0.39 is 0 Å². The molecule has 20 heavy (non-hydrogen) atoms. The minimum atomic E-state index is -0.144. The summed E-state index contributed by atoms with van der Waals surface area (Å²) in [5, 5.41) is 0. The fourth-order valence-electron chi connectivity index (χ4n) is 2.21. The highest BCUT2D eigenvalue weighted by Gasteiger charge is 2.19. The van der Waals surface area contributed by atoms with Gasteiger partial charge in [0.05, 0.1) is 0 Å². The lowest BCUT2D eigenvalue weighted by atomic mass is 10.0. The van der Waals surface area contributed by atoms with E-state index in [1.807, 2.05) is 38.1 Å². The molecule has 0 saturated carbocycles. The number of rotatable bonds is 4. The van der Waals surface area contributed by atoms with Crippen molar-refractivity contribution in [1.29, 1.82) is 0 Å². The molecule has 2 rings (SSSR count). The second kappa shape index (κ2) is 6.42. The second-order valence-electron chi connectivity index (χ2n) is 5.22. The lowest BCUT2D eigenvalue weighted by molar-refractivity contribution is 0.179. The number of hydrogen-bond donors (Lipinski definition) is 1. The average molecular weight is 334 g/mol. The molecule has 0 saturated heterocycles. The van der Waals surface area contributed by atoms with Crippen molar-refractivity contribution in [3.8, 4) is 5.75 Å². The molecule has 2 atom stereocenters. The Morgan fingerprint density at radius 1 is 1.10 bits per heavy atom. The van der Waals surface area contributed by atoms with E-state index in [9.17, 15) is 0 Å². The molecule has 2 aromatic rings. The van der Waals surface area contributed by atoms with Gasteiger partial charge in [-0.25, -0.2) is 0 Å². The van der Waals surface area contributed by atoms with Gasteiger partial charge in [-0.15, -0.1) is 0 Å². The molecule has 2 N–H and O–H groups in total. The first kappa shape index (κ1) is 15.1. The summed E-state index contributed by atoms with van der Waals surface area (Å²) < 4.78 is 7.21. The van der Waals surface area contributed by atoms with E-state index in [-0.39, 0.29) is 12.1 Å². The van der Waals surface area contributed by atoms with E-state index in [2.05, 4.69) is 41.1 Å². The van der Waals surface area contributed by atoms with Crippen molar-refractivity contribution in [3.63, 3.8) is 0 Å². The van der Waals surface area contributed by atoms with E-state index in [1.165, 1.54) is 5.56 Å². The number of ether oxygens (including phenoxy) is 1. The Labute approximate surface area is 129 Å². The highest BCUT2D eigenvalue weighted by molar-refractivity contribution is 9.10. The van der Waals surface area contributed by atoms with E-state index >= 15 is 0 Å². The number of hydrogen-bond acceptors (Lipinski definition) is 2. The third kappa shape index (κ3) is 3.62. The van der Waals surface area contributed by atoms with Crippen molar-refractivity contribution in [1.82, 2.24) is 0 Å². The zero-order chi connectivity index (χ0) is 14.7. The summed E-state index contributed by atoms with van der Waals surface area (Å²) >= 11 is 3.47. The van der Waals surface area contributed by atoms with Crippen molar-refractivity contribution < 1.29 is 4.74 Å². The molecule has 2 unspecified atom stereocenters. The summed E-state index contributed by atoms with van der Waals surface area (Å²) in [6.45, 7) is 6.09. The van der Waals surface area contributed by atoms with Crippen molar-refractivity contribution >= 4 is 15.9 Å². The third-order valence-corrected chi connectivity index (χ3v) is 3.73. The molecule has 0 aliphatic heterocycles. The van der Waals surface area contributed by atoms with E-state index in [1.54, 1.807) is 0 Å². The molecule has 0 aliphatic carbocycles. The highest BCUT2D eigenvalue weighted by Crippen LogP contribution is 2.29. The molecule has 106 valence electrons. The monoisotopic (exact) mass is 333 g/mol. The van der Waals surface area contributed by atoms with Crippen LogP contribution in [-0.4, -0.2) is 6.04 Å². The number of benzene rings is 2. The number of aryl methyl sites for hydroxylation is 2. The van der Waals surface area contributed by atoms with Crippen LogP contribution in [0.5, 0.6) is 5.75 Å². The van der Waals surface area contributed by atoms with Crippen LogP contribution in [0, 0.1) is 13.8 Å². The zero-order valence-corrected chi connectivity index (χ0v) is 13.6. The fraction of sp³-hybridized carbons (Fsp3) is 0.294. The molecule has 0 aromatic heterocycles. The highest BCUT2D eigenvalue weighted by atomic mass is 79.9. The first-order chi connectivity index (χ1) is 9.47. The van der Waals surface area contributed by atoms with Crippen LogP contribution in [0.25, 0.3) is 0 Å². The Bertz CT molecular complexity index is 595. The minimum absolute atomic E-state index is 0.0835. The SMILES string of the molecule is Cc1cccc(C(Oc2ccc(Br)cc2C)C(C)N)c1. The minimum Gasteiger partial charge on any atom is -0.484 e. The molecular formula is C17H20BrNO. The molecule has 0 bridgehead atoms. The van der Waals surface area contributed by atoms with Crippen molar-refractivity contribution in [2.45, 2.75) is 32.9 Å². The van der Waals surface area contributed by atoms with Crippen LogP contribution in [-0.2, 0) is 0 Å². The van der Waals surface area contributed by atoms with Crippen LogP contribution in [0.1, 0.15) is 29.7 Å². The molecule has 0 radical (unpaired) electrons. The maximum absolute atomic E-state index is 6.16. The van der Waals surface area contributed by atoms with E-state index in [0.717, 1.165) is 21.3 Å². The Morgan fingerprint density at radius 2 is 1.85 bits per heavy atom. The Hall–Kier alpha value is -1.32. The quantitative estimate of drug-likeness (QED) is 0.891. The van der Waals surface area contributed by atoms with Crippen molar-refractivity contribution in [3.05, 3.63) is 63.6 Å². The lowest BCUT2D eigenvalue weighted by Crippen LogP contribution is -2.29. The third-order valence-electron chi connectivity index (χ3n) is 3.24. The summed E-state index contributed by atoms with van der Waals surface area (Å²) in [6, 6.07) is 14.2. The Kier molecular flexibility index (Phi) is 4.84. The molecule has 2 nitrogen and oxygen atoms in total. The maximum atomic E-state index is 6.16. The Morgan fingerprint density at radius 3 is 2.45 bits per heavy atom. The van der Waals surface area contributed by atoms with Gasteiger partial charge in [-0.1, -0.05) is 45.8 Å². The predicted molar refractivity (Wildman–Crippen MR) is 87.1 cm³/mol. The first-order valence-corrected chi connectivity index (χ1v) is 7.51. The molecule has 0 spiro atoms. The van der Waals surface area contributed by atoms with Crippen LogP contribution in [0.2, 0.25) is 0 Å². The zero-order valence-electron chi connectivity index (χ0n) is 12.1. The number of nitrogens with two attached hydrogens (primary N) is 1. The number of halogens is 1. The normalized spacial score (nSPS) is 13.8. The van der Waals surface area contributed by atoms with Gasteiger partial charge >= 0.3 is 0 Å². The summed E-state index contributed by atoms with van der Waals surface area (Å²) in [4.78, 5) is 0. The van der Waals surface area contributed by atoms with Gasteiger partial charge in [0, 0.05) is 10.5 Å². The van der Waals surface area contributed by atoms with Gasteiger partial charge in [-0.3, -0.25) is 0 Å². The van der Waals surface area contributed by atoms with Gasteiger partial charge in [-0.05, 0) is 50.1 Å².